The molecule has 2 aromatic carbocycles. The summed E-state index contributed by atoms with van der Waals surface area (Å²) in [6.45, 7) is 2.11. The number of unbranched alkanes of at least 4 members (excludes halogenated alkanes) is 5. The maximum atomic E-state index is 13.7. The third-order valence-electron chi connectivity index (χ3n) is 6.59. The summed E-state index contributed by atoms with van der Waals surface area (Å²) in [4.78, 5) is 51.2. The minimum absolute atomic E-state index is 0.0340. The molecule has 0 saturated carbocycles. The minimum Gasteiger partial charge on any atom is -0.493 e. The minimum atomic E-state index is -3.64. The maximum Gasteiger partial charge on any atom is 0.264 e. The standard InChI is InChI=1S/C29H36N2O8S/c1-4-39-25-18-20(15-16-24(25)38-2)23(19-40(3,36)37)31-28(34)21-12-11-13-22(27(21)29(31)35)30-26(33)14-9-7-5-6-8-10-17-32/h11-13,15-18,23H,4-10,14,19H2,1-3H3,(H,30,33). The van der Waals surface area contributed by atoms with Gasteiger partial charge in [0.05, 0.1) is 42.3 Å². The van der Waals surface area contributed by atoms with Crippen molar-refractivity contribution >= 4 is 39.5 Å². The van der Waals surface area contributed by atoms with Gasteiger partial charge < -0.3 is 19.6 Å². The second-order valence-corrected chi connectivity index (χ2v) is 11.9. The normalized spacial score (nSPS) is 13.6. The largest absolute Gasteiger partial charge is 0.493 e. The van der Waals surface area contributed by atoms with Crippen LogP contribution in [0.1, 0.15) is 84.2 Å². The predicted molar refractivity (Wildman–Crippen MR) is 151 cm³/mol. The molecule has 40 heavy (non-hydrogen) atoms. The Kier molecular flexibility index (Phi) is 10.8. The van der Waals surface area contributed by atoms with E-state index in [-0.39, 0.29) is 29.1 Å². The van der Waals surface area contributed by atoms with Crippen molar-refractivity contribution in [1.29, 1.82) is 0 Å². The van der Waals surface area contributed by atoms with E-state index < -0.39 is 33.4 Å². The van der Waals surface area contributed by atoms with E-state index in [1.807, 2.05) is 0 Å². The van der Waals surface area contributed by atoms with E-state index in [0.717, 1.165) is 43.1 Å². The first-order valence-corrected chi connectivity index (χ1v) is 15.4. The van der Waals surface area contributed by atoms with Crippen molar-refractivity contribution in [2.75, 3.05) is 31.0 Å². The zero-order chi connectivity index (χ0) is 29.3. The van der Waals surface area contributed by atoms with Gasteiger partial charge in [-0.15, -0.1) is 0 Å². The highest BCUT2D eigenvalue weighted by Gasteiger charge is 2.43. The summed E-state index contributed by atoms with van der Waals surface area (Å²) < 4.78 is 35.8. The average molecular weight is 573 g/mol. The molecule has 0 bridgehead atoms. The Labute approximate surface area is 234 Å². The Balaban J connectivity index is 1.85. The van der Waals surface area contributed by atoms with Gasteiger partial charge in [0, 0.05) is 19.1 Å². The molecule has 1 atom stereocenters. The lowest BCUT2D eigenvalue weighted by molar-refractivity contribution is -0.116. The quantitative estimate of drug-likeness (QED) is 0.178. The molecule has 3 rings (SSSR count). The van der Waals surface area contributed by atoms with Crippen LogP contribution in [0.3, 0.4) is 0 Å². The molecule has 1 N–H and O–H groups in total. The van der Waals surface area contributed by atoms with Gasteiger partial charge >= 0.3 is 0 Å². The van der Waals surface area contributed by atoms with Crippen molar-refractivity contribution in [1.82, 2.24) is 4.90 Å². The summed E-state index contributed by atoms with van der Waals surface area (Å²) in [5, 5.41) is 2.75. The lowest BCUT2D eigenvalue weighted by Gasteiger charge is -2.27. The Hall–Kier alpha value is -3.73. The van der Waals surface area contributed by atoms with Crippen molar-refractivity contribution in [3.63, 3.8) is 0 Å². The number of benzene rings is 2. The zero-order valence-electron chi connectivity index (χ0n) is 23.1. The summed E-state index contributed by atoms with van der Waals surface area (Å²) >= 11 is 0. The molecular formula is C29H36N2O8S. The number of methoxy groups -OCH3 is 1. The third kappa shape index (κ3) is 7.68. The highest BCUT2D eigenvalue weighted by Crippen LogP contribution is 2.38. The number of anilines is 1. The molecule has 0 aliphatic carbocycles. The van der Waals surface area contributed by atoms with E-state index in [2.05, 4.69) is 5.32 Å². The molecule has 3 amide bonds. The van der Waals surface area contributed by atoms with Crippen LogP contribution in [-0.4, -0.2) is 63.1 Å². The fourth-order valence-electron chi connectivity index (χ4n) is 4.72. The molecular weight excluding hydrogens is 536 g/mol. The number of fused-ring (bicyclic) bond motifs is 1. The molecule has 0 aromatic heterocycles. The summed E-state index contributed by atoms with van der Waals surface area (Å²) in [6, 6.07) is 8.25. The Bertz CT molecular complexity index is 1360. The molecule has 2 aromatic rings. The Morgan fingerprint density at radius 3 is 2.42 bits per heavy atom. The Morgan fingerprint density at radius 1 is 1.02 bits per heavy atom. The van der Waals surface area contributed by atoms with E-state index in [4.69, 9.17) is 9.47 Å². The molecule has 10 nitrogen and oxygen atoms in total. The summed E-state index contributed by atoms with van der Waals surface area (Å²) in [5.74, 6) is -1.33. The number of imide groups is 1. The molecule has 0 fully saturated rings. The van der Waals surface area contributed by atoms with E-state index in [9.17, 15) is 27.6 Å². The van der Waals surface area contributed by atoms with Gasteiger partial charge in [-0.1, -0.05) is 31.4 Å². The SMILES string of the molecule is CCOc1cc(C(CS(C)(=O)=O)N2C(=O)c3cccc(NC(=O)CCCCCCCC=O)c3C2=O)ccc1OC. The number of hydrogen-bond acceptors (Lipinski definition) is 8. The molecule has 1 unspecified atom stereocenters. The number of ether oxygens (including phenoxy) is 2. The molecule has 1 aliphatic heterocycles. The van der Waals surface area contributed by atoms with Gasteiger partial charge in [0.1, 0.15) is 16.1 Å². The van der Waals surface area contributed by atoms with Crippen molar-refractivity contribution in [3.8, 4) is 11.5 Å². The zero-order valence-corrected chi connectivity index (χ0v) is 23.9. The lowest BCUT2D eigenvalue weighted by Crippen LogP contribution is -2.37. The third-order valence-corrected chi connectivity index (χ3v) is 7.51. The second-order valence-electron chi connectivity index (χ2n) is 9.68. The fourth-order valence-corrected chi connectivity index (χ4v) is 5.64. The molecule has 1 aliphatic rings. The summed E-state index contributed by atoms with van der Waals surface area (Å²) in [7, 11) is -2.16. The van der Waals surface area contributed by atoms with Crippen LogP contribution in [0.25, 0.3) is 0 Å². The highest BCUT2D eigenvalue weighted by atomic mass is 32.2. The van der Waals surface area contributed by atoms with E-state index in [0.29, 0.717) is 36.5 Å². The van der Waals surface area contributed by atoms with Crippen LogP contribution in [0, 0.1) is 0 Å². The molecule has 1 heterocycles. The number of carbonyl (C=O) groups excluding carboxylic acids is 4. The number of aldehydes is 1. The first-order chi connectivity index (χ1) is 19.1. The number of nitrogens with one attached hydrogen (secondary N) is 1. The van der Waals surface area contributed by atoms with Gasteiger partial charge in [-0.05, 0) is 49.6 Å². The summed E-state index contributed by atoms with van der Waals surface area (Å²) in [6.07, 6.45) is 6.89. The lowest BCUT2D eigenvalue weighted by atomic mass is 10.1. The average Bonchev–Trinajstić information content (AvgIpc) is 3.16. The van der Waals surface area contributed by atoms with Gasteiger partial charge in [0.2, 0.25) is 5.91 Å². The van der Waals surface area contributed by atoms with Crippen molar-refractivity contribution in [3.05, 3.63) is 53.1 Å². The van der Waals surface area contributed by atoms with E-state index in [1.54, 1.807) is 37.3 Å². The monoisotopic (exact) mass is 572 g/mol. The first-order valence-electron chi connectivity index (χ1n) is 13.3. The van der Waals surface area contributed by atoms with Gasteiger partial charge in [0.25, 0.3) is 11.8 Å². The van der Waals surface area contributed by atoms with Gasteiger partial charge in [-0.3, -0.25) is 19.3 Å². The van der Waals surface area contributed by atoms with Crippen molar-refractivity contribution < 1.29 is 37.1 Å². The van der Waals surface area contributed by atoms with Crippen LogP contribution >= 0.6 is 0 Å². The second kappa shape index (κ2) is 14.1. The van der Waals surface area contributed by atoms with Crippen LogP contribution in [0.15, 0.2) is 36.4 Å². The van der Waals surface area contributed by atoms with Crippen molar-refractivity contribution in [2.24, 2.45) is 0 Å². The fraction of sp³-hybridized carbons (Fsp3) is 0.448. The molecule has 0 saturated heterocycles. The first kappa shape index (κ1) is 30.8. The summed E-state index contributed by atoms with van der Waals surface area (Å²) in [5.41, 5.74) is 0.724. The van der Waals surface area contributed by atoms with Crippen LogP contribution < -0.4 is 14.8 Å². The number of hydrogen-bond donors (Lipinski definition) is 1. The number of rotatable bonds is 16. The number of sulfone groups is 1. The van der Waals surface area contributed by atoms with Gasteiger partial charge in [0.15, 0.2) is 11.5 Å². The highest BCUT2D eigenvalue weighted by molar-refractivity contribution is 7.90. The van der Waals surface area contributed by atoms with Gasteiger partial charge in [-0.2, -0.15) is 0 Å². The van der Waals surface area contributed by atoms with Crippen LogP contribution in [0.5, 0.6) is 11.5 Å². The number of amides is 3. The number of nitrogens with zero attached hydrogens (tertiary/aromatic N) is 1. The molecule has 11 heteroatoms. The topological polar surface area (TPSA) is 136 Å². The van der Waals surface area contributed by atoms with Gasteiger partial charge in [-0.25, -0.2) is 8.42 Å². The van der Waals surface area contributed by atoms with E-state index in [1.165, 1.54) is 13.2 Å². The number of carbonyl (C=O) groups is 4. The van der Waals surface area contributed by atoms with Crippen molar-refractivity contribution in [2.45, 2.75) is 57.9 Å². The molecule has 0 radical (unpaired) electrons. The maximum absolute atomic E-state index is 13.7. The van der Waals surface area contributed by atoms with E-state index >= 15 is 0 Å². The molecule has 216 valence electrons. The predicted octanol–water partition coefficient (Wildman–Crippen LogP) is 4.34. The van der Waals surface area contributed by atoms with Crippen LogP contribution in [0.4, 0.5) is 5.69 Å². The molecule has 0 spiro atoms. The Morgan fingerprint density at radius 2 is 1.75 bits per heavy atom. The van der Waals surface area contributed by atoms with Crippen LogP contribution in [-0.2, 0) is 19.4 Å². The van der Waals surface area contributed by atoms with Crippen LogP contribution in [0.2, 0.25) is 0 Å². The smallest absolute Gasteiger partial charge is 0.264 e.